The molecule has 0 amide bonds. The molecule has 0 unspecified atom stereocenters. The van der Waals surface area contributed by atoms with Gasteiger partial charge in [0.2, 0.25) is 0 Å². The molecule has 2 rings (SSSR count). The van der Waals surface area contributed by atoms with E-state index >= 15 is 0 Å². The van der Waals surface area contributed by atoms with E-state index in [2.05, 4.69) is 24.4 Å². The summed E-state index contributed by atoms with van der Waals surface area (Å²) < 4.78 is 31.9. The van der Waals surface area contributed by atoms with E-state index in [-0.39, 0.29) is 16.9 Å². The first kappa shape index (κ1) is 11.4. The molecule has 0 spiro atoms. The van der Waals surface area contributed by atoms with Crippen LogP contribution in [0.25, 0.3) is 0 Å². The quantitative estimate of drug-likeness (QED) is 0.758. The van der Waals surface area contributed by atoms with Gasteiger partial charge in [0.25, 0.3) is 10.0 Å². The van der Waals surface area contributed by atoms with Crippen molar-refractivity contribution in [1.82, 2.24) is 19.7 Å². The summed E-state index contributed by atoms with van der Waals surface area (Å²) in [6.45, 7) is 1.57. The average Bonchev–Trinajstić information content (AvgIpc) is 2.73. The Hall–Kier alpha value is -2.10. The lowest BCUT2D eigenvalue weighted by Crippen LogP contribution is -2.17. The van der Waals surface area contributed by atoms with Crippen molar-refractivity contribution in [1.29, 1.82) is 0 Å². The molecule has 0 saturated heterocycles. The number of sulfonamides is 1. The van der Waals surface area contributed by atoms with E-state index in [0.717, 1.165) is 0 Å². The first-order valence-corrected chi connectivity index (χ1v) is 5.98. The molecule has 0 aliphatic heterocycles. The summed E-state index contributed by atoms with van der Waals surface area (Å²) in [5, 5.41) is 3.30. The molecule has 10 heteroatoms. The SMILES string of the molecule is Cc1noc(NS(=O)(=O)c2c(N)ncn2C)n1. The second-order valence-corrected chi connectivity index (χ2v) is 4.90. The minimum absolute atomic E-state index is 0.101. The van der Waals surface area contributed by atoms with Crippen molar-refractivity contribution >= 4 is 21.9 Å². The molecule has 0 bridgehead atoms. The van der Waals surface area contributed by atoms with E-state index in [0.29, 0.717) is 5.82 Å². The standard InChI is InChI=1S/C7H10N6O3S/c1-4-10-7(16-11-4)12-17(14,15)6-5(8)9-3-13(6)2/h3H,8H2,1-2H3,(H,10,11,12). The molecule has 0 aliphatic rings. The van der Waals surface area contributed by atoms with Crippen LogP contribution in [0, 0.1) is 6.92 Å². The Kier molecular flexibility index (Phi) is 2.50. The van der Waals surface area contributed by atoms with Gasteiger partial charge in [-0.1, -0.05) is 5.16 Å². The van der Waals surface area contributed by atoms with Gasteiger partial charge >= 0.3 is 6.01 Å². The van der Waals surface area contributed by atoms with Crippen molar-refractivity contribution < 1.29 is 12.9 Å². The Labute approximate surface area is 96.7 Å². The van der Waals surface area contributed by atoms with Gasteiger partial charge in [-0.25, -0.2) is 9.71 Å². The summed E-state index contributed by atoms with van der Waals surface area (Å²) in [7, 11) is -2.38. The third-order valence-electron chi connectivity index (χ3n) is 1.91. The van der Waals surface area contributed by atoms with Crippen LogP contribution < -0.4 is 10.5 Å². The number of nitrogen functional groups attached to an aromatic ring is 1. The lowest BCUT2D eigenvalue weighted by Gasteiger charge is -2.04. The fraction of sp³-hybridized carbons (Fsp3) is 0.286. The highest BCUT2D eigenvalue weighted by Crippen LogP contribution is 2.18. The Morgan fingerprint density at radius 2 is 2.24 bits per heavy atom. The number of hydrogen-bond donors (Lipinski definition) is 2. The molecule has 0 atom stereocenters. The molecule has 0 fully saturated rings. The van der Waals surface area contributed by atoms with Gasteiger partial charge in [0.1, 0.15) is 0 Å². The zero-order valence-corrected chi connectivity index (χ0v) is 9.89. The highest BCUT2D eigenvalue weighted by atomic mass is 32.2. The number of anilines is 2. The van der Waals surface area contributed by atoms with Crippen LogP contribution in [0.5, 0.6) is 0 Å². The van der Waals surface area contributed by atoms with Gasteiger partial charge in [0.15, 0.2) is 16.7 Å². The maximum Gasteiger partial charge on any atom is 0.335 e. The second kappa shape index (κ2) is 3.73. The number of nitrogens with one attached hydrogen (secondary N) is 1. The average molecular weight is 258 g/mol. The molecule has 17 heavy (non-hydrogen) atoms. The van der Waals surface area contributed by atoms with E-state index < -0.39 is 10.0 Å². The smallest absolute Gasteiger partial charge is 0.335 e. The Balaban J connectivity index is 2.38. The molecule has 3 N–H and O–H groups in total. The fourth-order valence-corrected chi connectivity index (χ4v) is 2.43. The monoisotopic (exact) mass is 258 g/mol. The van der Waals surface area contributed by atoms with Crippen LogP contribution in [0.4, 0.5) is 11.8 Å². The number of rotatable bonds is 3. The van der Waals surface area contributed by atoms with Gasteiger partial charge in [-0.15, -0.1) is 0 Å². The third-order valence-corrected chi connectivity index (χ3v) is 3.36. The maximum absolute atomic E-state index is 11.9. The molecular weight excluding hydrogens is 248 g/mol. The van der Waals surface area contributed by atoms with Crippen molar-refractivity contribution in [2.45, 2.75) is 11.9 Å². The molecule has 2 aromatic heterocycles. The zero-order valence-electron chi connectivity index (χ0n) is 9.08. The molecule has 2 heterocycles. The lowest BCUT2D eigenvalue weighted by molar-refractivity contribution is 0.429. The van der Waals surface area contributed by atoms with E-state index in [9.17, 15) is 8.42 Å². The maximum atomic E-state index is 11.9. The summed E-state index contributed by atoms with van der Waals surface area (Å²) in [6.07, 6.45) is 1.29. The number of aryl methyl sites for hydroxylation is 2. The fourth-order valence-electron chi connectivity index (χ4n) is 1.27. The summed E-state index contributed by atoms with van der Waals surface area (Å²) in [6, 6.07) is -0.219. The largest absolute Gasteiger partial charge is 0.381 e. The summed E-state index contributed by atoms with van der Waals surface area (Å²) in [4.78, 5) is 7.41. The van der Waals surface area contributed by atoms with Gasteiger partial charge in [-0.05, 0) is 6.92 Å². The number of aromatic nitrogens is 4. The number of nitrogens with two attached hydrogens (primary N) is 1. The minimum Gasteiger partial charge on any atom is -0.381 e. The van der Waals surface area contributed by atoms with Crippen molar-refractivity contribution in [3.8, 4) is 0 Å². The van der Waals surface area contributed by atoms with E-state index in [1.165, 1.54) is 17.9 Å². The molecule has 0 saturated carbocycles. The molecule has 0 aromatic carbocycles. The summed E-state index contributed by atoms with van der Waals surface area (Å²) >= 11 is 0. The van der Waals surface area contributed by atoms with Gasteiger partial charge in [-0.2, -0.15) is 13.4 Å². The van der Waals surface area contributed by atoms with Gasteiger partial charge in [0, 0.05) is 7.05 Å². The van der Waals surface area contributed by atoms with Crippen LogP contribution in [0.1, 0.15) is 5.82 Å². The third kappa shape index (κ3) is 2.06. The molecule has 9 nitrogen and oxygen atoms in total. The molecule has 92 valence electrons. The van der Waals surface area contributed by atoms with Crippen molar-refractivity contribution in [3.05, 3.63) is 12.2 Å². The van der Waals surface area contributed by atoms with E-state index in [1.54, 1.807) is 6.92 Å². The molecule has 2 aromatic rings. The molecule has 0 aliphatic carbocycles. The predicted molar refractivity (Wildman–Crippen MR) is 57.5 cm³/mol. The first-order chi connectivity index (χ1) is 7.90. The normalized spacial score (nSPS) is 11.6. The Morgan fingerprint density at radius 1 is 1.53 bits per heavy atom. The van der Waals surface area contributed by atoms with Gasteiger partial charge < -0.3 is 14.8 Å². The second-order valence-electron chi connectivity index (χ2n) is 3.30. The topological polar surface area (TPSA) is 129 Å². The van der Waals surface area contributed by atoms with Crippen LogP contribution in [-0.4, -0.2) is 28.1 Å². The molecule has 0 radical (unpaired) electrons. The highest BCUT2D eigenvalue weighted by Gasteiger charge is 2.24. The highest BCUT2D eigenvalue weighted by molar-refractivity contribution is 7.92. The summed E-state index contributed by atoms with van der Waals surface area (Å²) in [5.74, 6) is 0.219. The lowest BCUT2D eigenvalue weighted by atomic mass is 10.8. The van der Waals surface area contributed by atoms with Gasteiger partial charge in [0.05, 0.1) is 6.33 Å². The Morgan fingerprint density at radius 3 is 2.71 bits per heavy atom. The zero-order chi connectivity index (χ0) is 12.6. The van der Waals surface area contributed by atoms with E-state index in [4.69, 9.17) is 5.73 Å². The van der Waals surface area contributed by atoms with Crippen molar-refractivity contribution in [2.75, 3.05) is 10.5 Å². The van der Waals surface area contributed by atoms with Crippen molar-refractivity contribution in [3.63, 3.8) is 0 Å². The number of hydrogen-bond acceptors (Lipinski definition) is 7. The van der Waals surface area contributed by atoms with Crippen molar-refractivity contribution in [2.24, 2.45) is 7.05 Å². The minimum atomic E-state index is -3.89. The van der Waals surface area contributed by atoms with Crippen LogP contribution in [0.15, 0.2) is 15.9 Å². The van der Waals surface area contributed by atoms with E-state index in [1.807, 2.05) is 0 Å². The number of imidazole rings is 1. The van der Waals surface area contributed by atoms with Gasteiger partial charge in [-0.3, -0.25) is 0 Å². The first-order valence-electron chi connectivity index (χ1n) is 4.50. The Bertz CT molecular complexity index is 623. The van der Waals surface area contributed by atoms with Crippen LogP contribution in [0.3, 0.4) is 0 Å². The predicted octanol–water partition coefficient (Wildman–Crippen LogP) is -0.505. The number of nitrogens with zero attached hydrogens (tertiary/aromatic N) is 4. The van der Waals surface area contributed by atoms with Crippen LogP contribution in [-0.2, 0) is 17.1 Å². The molecular formula is C7H10N6O3S. The summed E-state index contributed by atoms with van der Waals surface area (Å²) in [5.41, 5.74) is 5.47. The van der Waals surface area contributed by atoms with Crippen LogP contribution >= 0.6 is 0 Å². The van der Waals surface area contributed by atoms with Crippen LogP contribution in [0.2, 0.25) is 0 Å².